The Morgan fingerprint density at radius 2 is 2.07 bits per heavy atom. The number of imidazole rings is 1. The molecule has 0 radical (unpaired) electrons. The minimum atomic E-state index is -0.0244. The summed E-state index contributed by atoms with van der Waals surface area (Å²) >= 11 is 0. The second-order valence-electron chi connectivity index (χ2n) is 8.28. The van der Waals surface area contributed by atoms with Crippen molar-refractivity contribution >= 4 is 5.91 Å². The van der Waals surface area contributed by atoms with E-state index in [0.717, 1.165) is 24.7 Å². The number of hydrogen-bond acceptors (Lipinski definition) is 4. The summed E-state index contributed by atoms with van der Waals surface area (Å²) in [5, 5.41) is 0. The number of hydrogen-bond donors (Lipinski definition) is 1. The van der Waals surface area contributed by atoms with Crippen LogP contribution >= 0.6 is 0 Å². The zero-order chi connectivity index (χ0) is 19.2. The van der Waals surface area contributed by atoms with Crippen molar-refractivity contribution in [1.29, 1.82) is 0 Å². The lowest BCUT2D eigenvalue weighted by atomic mass is 9.90. The summed E-state index contributed by atoms with van der Waals surface area (Å²) in [6, 6.07) is 4.71. The molecule has 6 nitrogen and oxygen atoms in total. The highest BCUT2D eigenvalue weighted by Gasteiger charge is 2.29. The Bertz CT molecular complexity index is 727. The largest absolute Gasteiger partial charge is 0.341 e. The second-order valence-corrected chi connectivity index (χ2v) is 8.28. The Balaban J connectivity index is 1.44. The number of aromatic nitrogens is 3. The van der Waals surface area contributed by atoms with Crippen molar-refractivity contribution in [2.24, 2.45) is 5.92 Å². The fourth-order valence-electron chi connectivity index (χ4n) is 4.80. The van der Waals surface area contributed by atoms with Gasteiger partial charge >= 0.3 is 0 Å². The van der Waals surface area contributed by atoms with Gasteiger partial charge in [0.15, 0.2) is 5.82 Å². The summed E-state index contributed by atoms with van der Waals surface area (Å²) in [6.45, 7) is 3.68. The van der Waals surface area contributed by atoms with Crippen LogP contribution in [-0.4, -0.2) is 56.3 Å². The van der Waals surface area contributed by atoms with Gasteiger partial charge in [-0.05, 0) is 49.8 Å². The van der Waals surface area contributed by atoms with Crippen LogP contribution in [0.3, 0.4) is 0 Å². The van der Waals surface area contributed by atoms with E-state index in [1.54, 1.807) is 18.6 Å². The Hall–Kier alpha value is -2.21. The summed E-state index contributed by atoms with van der Waals surface area (Å²) in [7, 11) is 0. The Morgan fingerprint density at radius 3 is 2.82 bits per heavy atom. The number of nitrogens with one attached hydrogen (secondary N) is 1. The van der Waals surface area contributed by atoms with Gasteiger partial charge in [0.1, 0.15) is 0 Å². The molecule has 0 aromatic carbocycles. The highest BCUT2D eigenvalue weighted by molar-refractivity contribution is 5.90. The lowest BCUT2D eigenvalue weighted by molar-refractivity contribution is 0.0575. The summed E-state index contributed by atoms with van der Waals surface area (Å²) in [5.74, 6) is 0.915. The molecule has 150 valence electrons. The van der Waals surface area contributed by atoms with Crippen LogP contribution in [0.25, 0.3) is 0 Å². The number of piperidine rings is 1. The molecular weight excluding hydrogens is 350 g/mol. The standard InChI is InChI=1S/C22H31N5O/c28-22(21-24-11-12-25-21)27(15-18-6-4-10-23-14-18)17-19-7-5-13-26(16-19)20-8-2-1-3-9-20/h4,6,10-12,14,19-20H,1-3,5,7-9,13,15-17H2,(H,24,25)/t19-/m1/s1. The number of carbonyl (C=O) groups excluding carboxylic acids is 1. The van der Waals surface area contributed by atoms with Crippen molar-refractivity contribution in [3.63, 3.8) is 0 Å². The van der Waals surface area contributed by atoms with Gasteiger partial charge in [0.05, 0.1) is 0 Å². The van der Waals surface area contributed by atoms with E-state index < -0.39 is 0 Å². The smallest absolute Gasteiger partial charge is 0.289 e. The molecule has 0 bridgehead atoms. The first kappa shape index (κ1) is 19.1. The van der Waals surface area contributed by atoms with Crippen LogP contribution in [-0.2, 0) is 6.54 Å². The predicted octanol–water partition coefficient (Wildman–Crippen LogP) is 3.49. The number of likely N-dealkylation sites (tertiary alicyclic amines) is 1. The van der Waals surface area contributed by atoms with Crippen molar-refractivity contribution in [3.8, 4) is 0 Å². The van der Waals surface area contributed by atoms with Crippen LogP contribution in [0.4, 0.5) is 0 Å². The third-order valence-electron chi connectivity index (χ3n) is 6.20. The maximum absolute atomic E-state index is 13.1. The Morgan fingerprint density at radius 1 is 1.18 bits per heavy atom. The molecule has 0 spiro atoms. The van der Waals surface area contributed by atoms with E-state index in [-0.39, 0.29) is 5.91 Å². The van der Waals surface area contributed by atoms with Gasteiger partial charge in [0, 0.05) is 50.5 Å². The molecule has 6 heteroatoms. The molecule has 1 saturated carbocycles. The molecule has 1 N–H and O–H groups in total. The van der Waals surface area contributed by atoms with Gasteiger partial charge in [0.2, 0.25) is 0 Å². The van der Waals surface area contributed by atoms with Crippen LogP contribution in [0.1, 0.15) is 61.1 Å². The number of carbonyl (C=O) groups is 1. The molecule has 2 aliphatic rings. The van der Waals surface area contributed by atoms with E-state index in [1.807, 2.05) is 23.2 Å². The van der Waals surface area contributed by atoms with Crippen LogP contribution in [0.5, 0.6) is 0 Å². The predicted molar refractivity (Wildman–Crippen MR) is 109 cm³/mol. The average molecular weight is 382 g/mol. The SMILES string of the molecule is O=C(c1ncc[nH]1)N(Cc1cccnc1)C[C@@H]1CCCN(C2CCCCC2)C1. The van der Waals surface area contributed by atoms with E-state index in [2.05, 4.69) is 19.9 Å². The molecule has 28 heavy (non-hydrogen) atoms. The maximum Gasteiger partial charge on any atom is 0.289 e. The first-order chi connectivity index (χ1) is 13.8. The monoisotopic (exact) mass is 381 g/mol. The van der Waals surface area contributed by atoms with Crippen molar-refractivity contribution in [3.05, 3.63) is 48.3 Å². The first-order valence-corrected chi connectivity index (χ1v) is 10.7. The van der Waals surface area contributed by atoms with Crippen molar-refractivity contribution < 1.29 is 4.79 Å². The number of aromatic amines is 1. The van der Waals surface area contributed by atoms with Gasteiger partial charge in [-0.25, -0.2) is 4.98 Å². The molecule has 1 saturated heterocycles. The fourth-order valence-corrected chi connectivity index (χ4v) is 4.80. The molecule has 3 heterocycles. The summed E-state index contributed by atoms with van der Waals surface area (Å²) in [6.07, 6.45) is 16.2. The number of rotatable bonds is 6. The lowest BCUT2D eigenvalue weighted by Crippen LogP contribution is -2.47. The highest BCUT2D eigenvalue weighted by atomic mass is 16.2. The zero-order valence-corrected chi connectivity index (χ0v) is 16.6. The van der Waals surface area contributed by atoms with Gasteiger partial charge in [-0.3, -0.25) is 9.78 Å². The Kier molecular flexibility index (Phi) is 6.37. The minimum Gasteiger partial charge on any atom is -0.341 e. The molecule has 1 atom stereocenters. The number of pyridine rings is 1. The molecular formula is C22H31N5O. The minimum absolute atomic E-state index is 0.0244. The second kappa shape index (κ2) is 9.32. The lowest BCUT2D eigenvalue weighted by Gasteiger charge is -2.41. The summed E-state index contributed by atoms with van der Waals surface area (Å²) in [5.41, 5.74) is 1.06. The van der Waals surface area contributed by atoms with Crippen molar-refractivity contribution in [2.45, 2.75) is 57.5 Å². The van der Waals surface area contributed by atoms with Crippen LogP contribution in [0.15, 0.2) is 36.9 Å². The molecule has 2 fully saturated rings. The normalized spacial score (nSPS) is 21.5. The number of H-pyrrole nitrogens is 1. The van der Waals surface area contributed by atoms with E-state index >= 15 is 0 Å². The van der Waals surface area contributed by atoms with E-state index in [4.69, 9.17) is 0 Å². The zero-order valence-electron chi connectivity index (χ0n) is 16.6. The summed E-state index contributed by atoms with van der Waals surface area (Å²) < 4.78 is 0. The van der Waals surface area contributed by atoms with Crippen LogP contribution < -0.4 is 0 Å². The maximum atomic E-state index is 13.1. The quantitative estimate of drug-likeness (QED) is 0.832. The average Bonchev–Trinajstić information content (AvgIpc) is 3.29. The molecule has 1 amide bonds. The number of amides is 1. The van der Waals surface area contributed by atoms with E-state index in [1.165, 1.54) is 51.5 Å². The third-order valence-corrected chi connectivity index (χ3v) is 6.20. The number of nitrogens with zero attached hydrogens (tertiary/aromatic N) is 4. The first-order valence-electron chi connectivity index (χ1n) is 10.7. The molecule has 2 aromatic rings. The van der Waals surface area contributed by atoms with Gasteiger partial charge in [-0.2, -0.15) is 0 Å². The van der Waals surface area contributed by atoms with Gasteiger partial charge in [-0.15, -0.1) is 0 Å². The van der Waals surface area contributed by atoms with Crippen LogP contribution in [0, 0.1) is 5.92 Å². The van der Waals surface area contributed by atoms with Gasteiger partial charge in [-0.1, -0.05) is 25.3 Å². The third kappa shape index (κ3) is 4.79. The van der Waals surface area contributed by atoms with E-state index in [9.17, 15) is 4.79 Å². The molecule has 2 aromatic heterocycles. The van der Waals surface area contributed by atoms with Crippen molar-refractivity contribution in [2.75, 3.05) is 19.6 Å². The molecule has 4 rings (SSSR count). The van der Waals surface area contributed by atoms with Gasteiger partial charge < -0.3 is 14.8 Å². The molecule has 1 aliphatic heterocycles. The Labute approximate surface area is 167 Å². The molecule has 1 aliphatic carbocycles. The van der Waals surface area contributed by atoms with Crippen molar-refractivity contribution in [1.82, 2.24) is 24.8 Å². The highest BCUT2D eigenvalue weighted by Crippen LogP contribution is 2.28. The topological polar surface area (TPSA) is 65.1 Å². The van der Waals surface area contributed by atoms with E-state index in [0.29, 0.717) is 18.3 Å². The summed E-state index contributed by atoms with van der Waals surface area (Å²) in [4.78, 5) is 29.1. The van der Waals surface area contributed by atoms with Crippen LogP contribution in [0.2, 0.25) is 0 Å². The molecule has 0 unspecified atom stereocenters. The van der Waals surface area contributed by atoms with Gasteiger partial charge in [0.25, 0.3) is 5.91 Å². The fraction of sp³-hybridized carbons (Fsp3) is 0.591.